The first-order valence-corrected chi connectivity index (χ1v) is 10.6. The van der Waals surface area contributed by atoms with Crippen molar-refractivity contribution >= 4 is 11.8 Å². The molecule has 0 bridgehead atoms. The van der Waals surface area contributed by atoms with Crippen molar-refractivity contribution < 1.29 is 28.5 Å². The van der Waals surface area contributed by atoms with E-state index in [0.29, 0.717) is 11.3 Å². The number of rotatable bonds is 10. The van der Waals surface area contributed by atoms with Gasteiger partial charge in [0.2, 0.25) is 5.78 Å². The molecule has 0 unspecified atom stereocenters. The van der Waals surface area contributed by atoms with Gasteiger partial charge >= 0.3 is 5.97 Å². The third kappa shape index (κ3) is 5.55. The van der Waals surface area contributed by atoms with Crippen LogP contribution in [0.5, 0.6) is 17.2 Å². The Morgan fingerprint density at radius 2 is 1.52 bits per heavy atom. The summed E-state index contributed by atoms with van der Waals surface area (Å²) in [7, 11) is 4.46. The lowest BCUT2D eigenvalue weighted by Crippen LogP contribution is -2.15. The number of benzene rings is 2. The van der Waals surface area contributed by atoms with Crippen molar-refractivity contribution in [3.63, 3.8) is 0 Å². The molecule has 3 rings (SSSR count). The Kier molecular flexibility index (Phi) is 7.77. The smallest absolute Gasteiger partial charge is 0.341 e. The maximum absolute atomic E-state index is 13.0. The van der Waals surface area contributed by atoms with Gasteiger partial charge in [0.15, 0.2) is 6.61 Å². The molecule has 33 heavy (non-hydrogen) atoms. The minimum atomic E-state index is -0.545. The molecule has 7 heteroatoms. The molecule has 0 saturated carbocycles. The van der Waals surface area contributed by atoms with E-state index >= 15 is 0 Å². The van der Waals surface area contributed by atoms with E-state index in [9.17, 15) is 9.59 Å². The summed E-state index contributed by atoms with van der Waals surface area (Å²) in [5, 5.41) is 0. The molecule has 0 N–H and O–H groups in total. The summed E-state index contributed by atoms with van der Waals surface area (Å²) in [5.41, 5.74) is 3.91. The minimum Gasteiger partial charge on any atom is -0.497 e. The molecule has 0 aliphatic heterocycles. The van der Waals surface area contributed by atoms with Crippen LogP contribution in [0.25, 0.3) is 0 Å². The molecule has 7 nitrogen and oxygen atoms in total. The van der Waals surface area contributed by atoms with Crippen LogP contribution in [-0.4, -0.2) is 44.3 Å². The average molecular weight is 452 g/mol. The molecule has 0 radical (unpaired) electrons. The second kappa shape index (κ2) is 10.7. The molecule has 3 aromatic rings. The van der Waals surface area contributed by atoms with Crippen molar-refractivity contribution in [3.05, 3.63) is 76.6 Å². The number of ketones is 1. The zero-order chi connectivity index (χ0) is 24.0. The van der Waals surface area contributed by atoms with Crippen LogP contribution in [0.1, 0.15) is 37.7 Å². The van der Waals surface area contributed by atoms with Gasteiger partial charge in [0.1, 0.15) is 22.8 Å². The van der Waals surface area contributed by atoms with E-state index in [1.165, 1.54) is 19.8 Å². The van der Waals surface area contributed by atoms with Gasteiger partial charge in [-0.2, -0.15) is 0 Å². The Morgan fingerprint density at radius 1 is 0.848 bits per heavy atom. The number of methoxy groups -OCH3 is 3. The van der Waals surface area contributed by atoms with Crippen molar-refractivity contribution in [1.29, 1.82) is 0 Å². The molecule has 0 amide bonds. The third-order valence-corrected chi connectivity index (χ3v) is 5.61. The van der Waals surface area contributed by atoms with Crippen molar-refractivity contribution in [3.8, 4) is 17.2 Å². The maximum Gasteiger partial charge on any atom is 0.341 e. The van der Waals surface area contributed by atoms with Crippen molar-refractivity contribution in [2.45, 2.75) is 26.8 Å². The molecule has 0 atom stereocenters. The lowest BCUT2D eigenvalue weighted by molar-refractivity contribution is 0.0594. The molecular formula is C26H29NO6. The summed E-state index contributed by atoms with van der Waals surface area (Å²) in [6.45, 7) is 4.45. The zero-order valence-electron chi connectivity index (χ0n) is 19.6. The van der Waals surface area contributed by atoms with E-state index in [4.69, 9.17) is 18.9 Å². The molecule has 0 aliphatic carbocycles. The van der Waals surface area contributed by atoms with Crippen LogP contribution in [0.4, 0.5) is 0 Å². The SMILES string of the molecule is COC(=O)c1ccc(OC)cc1OCC(=O)c1cc(C)n(CCc2ccc(OC)cc2)c1C. The number of aryl methyl sites for hydroxylation is 2. The minimum absolute atomic E-state index is 0.169. The van der Waals surface area contributed by atoms with Crippen LogP contribution in [0.15, 0.2) is 48.5 Å². The van der Waals surface area contributed by atoms with E-state index in [2.05, 4.69) is 4.57 Å². The maximum atomic E-state index is 13.0. The molecule has 174 valence electrons. The second-order valence-corrected chi connectivity index (χ2v) is 7.60. The average Bonchev–Trinajstić information content (AvgIpc) is 3.13. The normalized spacial score (nSPS) is 10.6. The summed E-state index contributed by atoms with van der Waals surface area (Å²) in [6, 6.07) is 14.6. The van der Waals surface area contributed by atoms with Crippen LogP contribution in [0.3, 0.4) is 0 Å². The lowest BCUT2D eigenvalue weighted by atomic mass is 10.1. The van der Waals surface area contributed by atoms with Crippen LogP contribution in [0, 0.1) is 13.8 Å². The van der Waals surface area contributed by atoms with Crippen LogP contribution in [0.2, 0.25) is 0 Å². The van der Waals surface area contributed by atoms with Gasteiger partial charge in [-0.05, 0) is 56.2 Å². The monoisotopic (exact) mass is 451 g/mol. The highest BCUT2D eigenvalue weighted by atomic mass is 16.5. The number of hydrogen-bond acceptors (Lipinski definition) is 6. The number of esters is 1. The largest absolute Gasteiger partial charge is 0.497 e. The number of nitrogens with zero attached hydrogens (tertiary/aromatic N) is 1. The van der Waals surface area contributed by atoms with Crippen LogP contribution >= 0.6 is 0 Å². The molecule has 0 fully saturated rings. The first kappa shape index (κ1) is 23.9. The van der Waals surface area contributed by atoms with Crippen LogP contribution in [-0.2, 0) is 17.7 Å². The topological polar surface area (TPSA) is 76.0 Å². The molecule has 0 saturated heterocycles. The highest BCUT2D eigenvalue weighted by Gasteiger charge is 2.19. The van der Waals surface area contributed by atoms with E-state index in [-0.39, 0.29) is 23.7 Å². The van der Waals surface area contributed by atoms with Crippen molar-refractivity contribution in [1.82, 2.24) is 4.57 Å². The number of carbonyl (C=O) groups is 2. The highest BCUT2D eigenvalue weighted by Crippen LogP contribution is 2.26. The van der Waals surface area contributed by atoms with E-state index < -0.39 is 5.97 Å². The Balaban J connectivity index is 1.71. The van der Waals surface area contributed by atoms with Gasteiger partial charge in [-0.25, -0.2) is 4.79 Å². The van der Waals surface area contributed by atoms with Gasteiger partial charge in [0.05, 0.1) is 21.3 Å². The Bertz CT molecular complexity index is 1130. The number of carbonyl (C=O) groups excluding carboxylic acids is 2. The number of hydrogen-bond donors (Lipinski definition) is 0. The fourth-order valence-electron chi connectivity index (χ4n) is 3.71. The highest BCUT2D eigenvalue weighted by molar-refractivity contribution is 5.99. The summed E-state index contributed by atoms with van der Waals surface area (Å²) in [5.74, 6) is 0.866. The van der Waals surface area contributed by atoms with E-state index in [1.54, 1.807) is 25.3 Å². The Morgan fingerprint density at radius 3 is 2.15 bits per heavy atom. The number of aromatic nitrogens is 1. The predicted molar refractivity (Wildman–Crippen MR) is 125 cm³/mol. The standard InChI is InChI=1S/C26H29NO6/c1-17-14-23(18(2)27(17)13-12-19-6-8-20(30-3)9-7-19)24(28)16-33-25-15-21(31-4)10-11-22(25)26(29)32-5/h6-11,14-15H,12-13,16H2,1-5H3. The summed E-state index contributed by atoms with van der Waals surface area (Å²) in [4.78, 5) is 25.0. The van der Waals surface area contributed by atoms with Gasteiger partial charge < -0.3 is 23.5 Å². The van der Waals surface area contributed by atoms with Crippen LogP contribution < -0.4 is 14.2 Å². The fraction of sp³-hybridized carbons (Fsp3) is 0.308. The number of ether oxygens (including phenoxy) is 4. The second-order valence-electron chi connectivity index (χ2n) is 7.60. The quantitative estimate of drug-likeness (QED) is 0.336. The van der Waals surface area contributed by atoms with Crippen molar-refractivity contribution in [2.24, 2.45) is 0 Å². The van der Waals surface area contributed by atoms with Gasteiger partial charge in [-0.1, -0.05) is 12.1 Å². The lowest BCUT2D eigenvalue weighted by Gasteiger charge is -2.12. The molecule has 1 heterocycles. The molecule has 0 aliphatic rings. The van der Waals surface area contributed by atoms with Gasteiger partial charge in [0, 0.05) is 29.6 Å². The summed E-state index contributed by atoms with van der Waals surface area (Å²) < 4.78 is 23.1. The first-order chi connectivity index (χ1) is 15.9. The molecule has 2 aromatic carbocycles. The third-order valence-electron chi connectivity index (χ3n) is 5.61. The Labute approximate surface area is 193 Å². The first-order valence-electron chi connectivity index (χ1n) is 10.6. The zero-order valence-corrected chi connectivity index (χ0v) is 19.6. The van der Waals surface area contributed by atoms with E-state index in [1.807, 2.05) is 44.2 Å². The van der Waals surface area contributed by atoms with E-state index in [0.717, 1.165) is 30.1 Å². The predicted octanol–water partition coefficient (Wildman–Crippen LogP) is 4.41. The Hall–Kier alpha value is -3.74. The van der Waals surface area contributed by atoms with Gasteiger partial charge in [-0.15, -0.1) is 0 Å². The van der Waals surface area contributed by atoms with Gasteiger partial charge in [-0.3, -0.25) is 4.79 Å². The molecule has 1 aromatic heterocycles. The van der Waals surface area contributed by atoms with Gasteiger partial charge in [0.25, 0.3) is 0 Å². The summed E-state index contributed by atoms with van der Waals surface area (Å²) in [6.07, 6.45) is 0.830. The molecular weight excluding hydrogens is 422 g/mol. The summed E-state index contributed by atoms with van der Waals surface area (Å²) >= 11 is 0. The number of Topliss-reactive ketones (excluding diaryl/α,β-unsaturated/α-hetero) is 1. The molecule has 0 spiro atoms. The fourth-order valence-corrected chi connectivity index (χ4v) is 3.71. The van der Waals surface area contributed by atoms with Crippen molar-refractivity contribution in [2.75, 3.05) is 27.9 Å².